The van der Waals surface area contributed by atoms with Gasteiger partial charge in [-0.2, -0.15) is 0 Å². The van der Waals surface area contributed by atoms with E-state index in [0.717, 1.165) is 33.8 Å². The maximum absolute atomic E-state index is 5.03. The summed E-state index contributed by atoms with van der Waals surface area (Å²) in [7, 11) is 0. The third-order valence-corrected chi connectivity index (χ3v) is 11.4. The monoisotopic (exact) mass is 725 g/mol. The number of aliphatic imine (C=N–C) groups is 1. The number of benzene rings is 9. The molecule has 0 atom stereocenters. The summed E-state index contributed by atoms with van der Waals surface area (Å²) in [6.45, 7) is 0. The van der Waals surface area contributed by atoms with E-state index >= 15 is 0 Å². The SMILES string of the molecule is C(=C1\Cc2ncncc2N=C1c1ccccc1)/c1ccc(-c2ccc3c(-c4ccc5ccccc5c4)c4ccccc4c(-c4ccc5ccccc5c4)c3c2)cc1. The van der Waals surface area contributed by atoms with Crippen LogP contribution in [0.3, 0.4) is 0 Å². The lowest BCUT2D eigenvalue weighted by molar-refractivity contribution is 1.02. The van der Waals surface area contributed by atoms with Crippen molar-refractivity contribution in [2.75, 3.05) is 0 Å². The van der Waals surface area contributed by atoms with Crippen molar-refractivity contribution < 1.29 is 0 Å². The lowest BCUT2D eigenvalue weighted by Gasteiger charge is -2.19. The van der Waals surface area contributed by atoms with Gasteiger partial charge < -0.3 is 0 Å². The second kappa shape index (κ2) is 13.7. The standard InChI is InChI=1S/C54H35N3/c1-2-12-39(13-3-1)54-45(32-50-51(57-54)33-55-34-56-50)28-35-18-20-38(21-19-35)42-26-27-48-49(31-42)53(44-25-23-37-11-5-7-15-41(37)30-44)47-17-9-8-16-46(47)52(48)43-24-22-36-10-4-6-14-40(36)29-43/h1-31,33-34H,32H2/b45-28-. The first-order valence-corrected chi connectivity index (χ1v) is 19.4. The van der Waals surface area contributed by atoms with Crippen molar-refractivity contribution in [2.45, 2.75) is 6.42 Å². The van der Waals surface area contributed by atoms with Crippen LogP contribution in [0.15, 0.2) is 205 Å². The highest BCUT2D eigenvalue weighted by Crippen LogP contribution is 2.46. The van der Waals surface area contributed by atoms with Crippen LogP contribution in [0.25, 0.3) is 82.5 Å². The van der Waals surface area contributed by atoms with Crippen molar-refractivity contribution in [3.63, 3.8) is 0 Å². The Hall–Kier alpha value is -7.49. The smallest absolute Gasteiger partial charge is 0.115 e. The predicted molar refractivity (Wildman–Crippen MR) is 239 cm³/mol. The molecule has 266 valence electrons. The summed E-state index contributed by atoms with van der Waals surface area (Å²) in [6.07, 6.45) is 6.36. The van der Waals surface area contributed by atoms with E-state index in [2.05, 4.69) is 192 Å². The summed E-state index contributed by atoms with van der Waals surface area (Å²) in [4.78, 5) is 13.8. The summed E-state index contributed by atoms with van der Waals surface area (Å²) in [6, 6.07) is 66.3. The van der Waals surface area contributed by atoms with Gasteiger partial charge in [0.15, 0.2) is 0 Å². The van der Waals surface area contributed by atoms with Crippen molar-refractivity contribution in [3.8, 4) is 33.4 Å². The van der Waals surface area contributed by atoms with E-state index in [0.29, 0.717) is 6.42 Å². The molecule has 0 spiro atoms. The van der Waals surface area contributed by atoms with Gasteiger partial charge in [-0.1, -0.05) is 164 Å². The molecule has 11 rings (SSSR count). The van der Waals surface area contributed by atoms with Crippen molar-refractivity contribution >= 4 is 60.6 Å². The molecule has 0 radical (unpaired) electrons. The number of hydrogen-bond donors (Lipinski definition) is 0. The van der Waals surface area contributed by atoms with Crippen molar-refractivity contribution in [3.05, 3.63) is 217 Å². The summed E-state index contributed by atoms with van der Waals surface area (Å²) < 4.78 is 0. The van der Waals surface area contributed by atoms with Crippen LogP contribution < -0.4 is 0 Å². The van der Waals surface area contributed by atoms with Crippen LogP contribution >= 0.6 is 0 Å². The van der Waals surface area contributed by atoms with E-state index in [1.807, 2.05) is 6.07 Å². The van der Waals surface area contributed by atoms with E-state index in [-0.39, 0.29) is 0 Å². The summed E-state index contributed by atoms with van der Waals surface area (Å²) in [5, 5.41) is 9.95. The van der Waals surface area contributed by atoms with Gasteiger partial charge in [0.1, 0.15) is 12.0 Å². The summed E-state index contributed by atoms with van der Waals surface area (Å²) >= 11 is 0. The minimum atomic E-state index is 0.697. The number of nitrogens with zero attached hydrogens (tertiary/aromatic N) is 3. The third-order valence-electron chi connectivity index (χ3n) is 11.4. The molecule has 3 heteroatoms. The molecule has 0 N–H and O–H groups in total. The Morgan fingerprint density at radius 2 is 0.982 bits per heavy atom. The number of fused-ring (bicyclic) bond motifs is 5. The molecule has 0 saturated heterocycles. The number of aromatic nitrogens is 2. The van der Waals surface area contributed by atoms with Crippen LogP contribution in [-0.2, 0) is 6.42 Å². The van der Waals surface area contributed by atoms with Gasteiger partial charge in [-0.05, 0) is 112 Å². The Bertz CT molecular complexity index is 3250. The second-order valence-electron chi connectivity index (χ2n) is 14.8. The third kappa shape index (κ3) is 5.89. The molecule has 0 aliphatic carbocycles. The Morgan fingerprint density at radius 3 is 1.67 bits per heavy atom. The largest absolute Gasteiger partial charge is 0.245 e. The molecule has 2 heterocycles. The highest BCUT2D eigenvalue weighted by molar-refractivity contribution is 6.23. The highest BCUT2D eigenvalue weighted by Gasteiger charge is 2.21. The van der Waals surface area contributed by atoms with Gasteiger partial charge in [0.25, 0.3) is 0 Å². The van der Waals surface area contributed by atoms with Crippen molar-refractivity contribution in [1.82, 2.24) is 9.97 Å². The molecular formula is C54H35N3. The molecule has 1 aromatic heterocycles. The number of rotatable bonds is 5. The van der Waals surface area contributed by atoms with Crippen LogP contribution in [0.2, 0.25) is 0 Å². The van der Waals surface area contributed by atoms with Gasteiger partial charge in [0, 0.05) is 12.0 Å². The fourth-order valence-electron chi connectivity index (χ4n) is 8.64. The Kier molecular flexibility index (Phi) is 7.89. The van der Waals surface area contributed by atoms with Crippen LogP contribution in [0.4, 0.5) is 5.69 Å². The lowest BCUT2D eigenvalue weighted by atomic mass is 9.84. The molecule has 3 nitrogen and oxygen atoms in total. The van der Waals surface area contributed by atoms with Crippen molar-refractivity contribution in [2.24, 2.45) is 4.99 Å². The van der Waals surface area contributed by atoms with E-state index in [1.165, 1.54) is 76.5 Å². The fourth-order valence-corrected chi connectivity index (χ4v) is 8.64. The average molecular weight is 726 g/mol. The van der Waals surface area contributed by atoms with Gasteiger partial charge in [-0.15, -0.1) is 0 Å². The lowest BCUT2D eigenvalue weighted by Crippen LogP contribution is -2.13. The van der Waals surface area contributed by atoms with Crippen LogP contribution in [0.1, 0.15) is 16.8 Å². The Balaban J connectivity index is 1.07. The molecule has 10 aromatic rings. The maximum Gasteiger partial charge on any atom is 0.115 e. The van der Waals surface area contributed by atoms with E-state index < -0.39 is 0 Å². The molecule has 1 aliphatic heterocycles. The molecule has 9 aromatic carbocycles. The topological polar surface area (TPSA) is 38.1 Å². The zero-order valence-corrected chi connectivity index (χ0v) is 31.1. The number of hydrogen-bond acceptors (Lipinski definition) is 3. The molecule has 0 saturated carbocycles. The Labute approximate surface area is 331 Å². The summed E-state index contributed by atoms with van der Waals surface area (Å²) in [5.41, 5.74) is 13.4. The van der Waals surface area contributed by atoms with Crippen LogP contribution in [0.5, 0.6) is 0 Å². The van der Waals surface area contributed by atoms with E-state index in [1.54, 1.807) is 12.5 Å². The molecular weight excluding hydrogens is 691 g/mol. The fraction of sp³-hybridized carbons (Fsp3) is 0.0185. The first kappa shape index (κ1) is 32.9. The van der Waals surface area contributed by atoms with E-state index in [4.69, 9.17) is 4.99 Å². The van der Waals surface area contributed by atoms with Crippen molar-refractivity contribution in [1.29, 1.82) is 0 Å². The Morgan fingerprint density at radius 1 is 0.421 bits per heavy atom. The average Bonchev–Trinajstić information content (AvgIpc) is 3.28. The summed E-state index contributed by atoms with van der Waals surface area (Å²) in [5.74, 6) is 0. The molecule has 57 heavy (non-hydrogen) atoms. The van der Waals surface area contributed by atoms with Gasteiger partial charge >= 0.3 is 0 Å². The minimum Gasteiger partial charge on any atom is -0.245 e. The first-order chi connectivity index (χ1) is 28.2. The van der Waals surface area contributed by atoms with Gasteiger partial charge in [0.05, 0.1) is 17.6 Å². The maximum atomic E-state index is 5.03. The predicted octanol–water partition coefficient (Wildman–Crippen LogP) is 13.9. The zero-order chi connectivity index (χ0) is 37.7. The quantitative estimate of drug-likeness (QED) is 0.166. The van der Waals surface area contributed by atoms with Crippen LogP contribution in [-0.4, -0.2) is 15.7 Å². The minimum absolute atomic E-state index is 0.697. The van der Waals surface area contributed by atoms with Crippen LogP contribution in [0, 0.1) is 0 Å². The van der Waals surface area contributed by atoms with Gasteiger partial charge in [-0.25, -0.2) is 15.0 Å². The number of allylic oxidation sites excluding steroid dienone is 1. The highest BCUT2D eigenvalue weighted by atomic mass is 14.9. The van der Waals surface area contributed by atoms with Gasteiger partial charge in [-0.3, -0.25) is 0 Å². The molecule has 1 aliphatic rings. The molecule has 0 bridgehead atoms. The molecule has 0 unspecified atom stereocenters. The second-order valence-corrected chi connectivity index (χ2v) is 14.8. The van der Waals surface area contributed by atoms with Gasteiger partial charge in [0.2, 0.25) is 0 Å². The normalized spacial score (nSPS) is 13.3. The molecule has 0 fully saturated rings. The van der Waals surface area contributed by atoms with E-state index in [9.17, 15) is 0 Å². The zero-order valence-electron chi connectivity index (χ0n) is 31.1. The molecule has 0 amide bonds. The first-order valence-electron chi connectivity index (χ1n) is 19.4.